The minimum Gasteiger partial charge on any atom is -0.487 e. The highest BCUT2D eigenvalue weighted by Gasteiger charge is 2.39. The molecule has 1 heterocycles. The van der Waals surface area contributed by atoms with Gasteiger partial charge in [0.25, 0.3) is 5.91 Å². The molecular weight excluding hydrogens is 600 g/mol. The zero-order chi connectivity index (χ0) is 24.9. The Morgan fingerprint density at radius 3 is 2.25 bits per heavy atom. The fraction of sp³-hybridized carbons (Fsp3) is 0.448. The fourth-order valence-electron chi connectivity index (χ4n) is 5.29. The molecular formula is C29H32Br2N2O2S. The molecule has 0 N–H and O–H groups in total. The number of amidine groups is 1. The van der Waals surface area contributed by atoms with Gasteiger partial charge in [-0.25, -0.2) is 0 Å². The number of thioether (sulfide) groups is 1. The van der Waals surface area contributed by atoms with Gasteiger partial charge in [0.15, 0.2) is 5.17 Å². The Bertz CT molecular complexity index is 1120. The third-order valence-corrected chi connectivity index (χ3v) is 9.36. The second-order valence-corrected chi connectivity index (χ2v) is 12.6. The molecule has 0 unspecified atom stereocenters. The number of rotatable bonds is 6. The van der Waals surface area contributed by atoms with Gasteiger partial charge in [-0.3, -0.25) is 14.7 Å². The summed E-state index contributed by atoms with van der Waals surface area (Å²) in [7, 11) is 0. The van der Waals surface area contributed by atoms with Crippen LogP contribution in [0.1, 0.15) is 75.3 Å². The van der Waals surface area contributed by atoms with Gasteiger partial charge in [0.2, 0.25) is 0 Å². The van der Waals surface area contributed by atoms with Gasteiger partial charge < -0.3 is 4.74 Å². The number of hydrogen-bond acceptors (Lipinski definition) is 4. The number of amides is 1. The van der Waals surface area contributed by atoms with E-state index >= 15 is 0 Å². The first-order valence-corrected chi connectivity index (χ1v) is 15.5. The lowest BCUT2D eigenvalue weighted by atomic mass is 9.94. The maximum absolute atomic E-state index is 13.7. The topological polar surface area (TPSA) is 41.9 Å². The van der Waals surface area contributed by atoms with E-state index in [1.165, 1.54) is 38.5 Å². The summed E-state index contributed by atoms with van der Waals surface area (Å²) in [6.45, 7) is 0.490. The molecule has 36 heavy (non-hydrogen) atoms. The van der Waals surface area contributed by atoms with Crippen molar-refractivity contribution in [2.24, 2.45) is 4.99 Å². The Kier molecular flexibility index (Phi) is 8.91. The van der Waals surface area contributed by atoms with Crippen molar-refractivity contribution in [1.82, 2.24) is 4.90 Å². The highest BCUT2D eigenvalue weighted by atomic mass is 79.9. The molecule has 4 nitrogen and oxygen atoms in total. The van der Waals surface area contributed by atoms with Crippen molar-refractivity contribution >= 4 is 60.8 Å². The van der Waals surface area contributed by atoms with Crippen molar-refractivity contribution < 1.29 is 9.53 Å². The number of ether oxygens (including phenoxy) is 1. The van der Waals surface area contributed by atoms with Crippen LogP contribution in [0.15, 0.2) is 61.3 Å². The van der Waals surface area contributed by atoms with Gasteiger partial charge >= 0.3 is 0 Å². The molecule has 2 aliphatic carbocycles. The highest BCUT2D eigenvalue weighted by Crippen LogP contribution is 2.40. The lowest BCUT2D eigenvalue weighted by Gasteiger charge is -2.31. The van der Waals surface area contributed by atoms with Crippen LogP contribution < -0.4 is 4.74 Å². The number of hydrogen-bond donors (Lipinski definition) is 0. The van der Waals surface area contributed by atoms with Crippen LogP contribution in [-0.2, 0) is 11.4 Å². The van der Waals surface area contributed by atoms with Gasteiger partial charge in [-0.05, 0) is 98.6 Å². The Morgan fingerprint density at radius 1 is 0.944 bits per heavy atom. The first-order chi connectivity index (χ1) is 17.6. The maximum Gasteiger partial charge on any atom is 0.266 e. The summed E-state index contributed by atoms with van der Waals surface area (Å²) in [5.74, 6) is 0.868. The number of carbonyl (C=O) groups excluding carboxylic acids is 1. The SMILES string of the molecule is O=C1C(=Cc2cc(Br)c(OCc3ccccc3)c(Br)c2)SC(=NC2CCCCC2)N1C1CCCCC1. The van der Waals surface area contributed by atoms with Gasteiger partial charge in [0.05, 0.1) is 19.9 Å². The Balaban J connectivity index is 1.38. The summed E-state index contributed by atoms with van der Waals surface area (Å²) >= 11 is 8.91. The molecule has 0 aromatic heterocycles. The summed E-state index contributed by atoms with van der Waals surface area (Å²) in [5, 5.41) is 0.922. The van der Waals surface area contributed by atoms with Crippen LogP contribution in [0.3, 0.4) is 0 Å². The number of nitrogens with zero attached hydrogens (tertiary/aromatic N) is 2. The summed E-state index contributed by atoms with van der Waals surface area (Å²) in [6, 6.07) is 14.8. The van der Waals surface area contributed by atoms with E-state index in [1.807, 2.05) is 53.4 Å². The average Bonchev–Trinajstić information content (AvgIpc) is 3.19. The molecule has 3 aliphatic rings. The molecule has 2 aromatic rings. The lowest BCUT2D eigenvalue weighted by Crippen LogP contribution is -2.41. The Labute approximate surface area is 235 Å². The number of carbonyl (C=O) groups is 1. The molecule has 0 atom stereocenters. The standard InChI is InChI=1S/C29H32Br2N2O2S/c30-24-16-21(17-25(31)27(24)35-19-20-10-4-1-5-11-20)18-26-28(34)33(23-14-8-3-9-15-23)29(36-26)32-22-12-6-2-7-13-22/h1,4-5,10-11,16-18,22-23H,2-3,6-9,12-15,19H2. The van der Waals surface area contributed by atoms with Crippen LogP contribution in [0, 0.1) is 0 Å². The molecule has 190 valence electrons. The molecule has 0 bridgehead atoms. The van der Waals surface area contributed by atoms with Gasteiger partial charge in [0, 0.05) is 6.04 Å². The molecule has 2 saturated carbocycles. The van der Waals surface area contributed by atoms with E-state index in [0.717, 1.165) is 61.6 Å². The van der Waals surface area contributed by atoms with Crippen molar-refractivity contribution in [2.75, 3.05) is 0 Å². The third-order valence-electron chi connectivity index (χ3n) is 7.19. The van der Waals surface area contributed by atoms with Gasteiger partial charge in [-0.2, -0.15) is 0 Å². The summed E-state index contributed by atoms with van der Waals surface area (Å²) < 4.78 is 7.80. The van der Waals surface area contributed by atoms with Crippen LogP contribution in [0.25, 0.3) is 6.08 Å². The highest BCUT2D eigenvalue weighted by molar-refractivity contribution is 9.11. The van der Waals surface area contributed by atoms with Gasteiger partial charge in [-0.15, -0.1) is 0 Å². The van der Waals surface area contributed by atoms with Crippen LogP contribution >= 0.6 is 43.6 Å². The predicted octanol–water partition coefficient (Wildman–Crippen LogP) is 8.73. The second kappa shape index (κ2) is 12.3. The van der Waals surface area contributed by atoms with Crippen molar-refractivity contribution in [3.63, 3.8) is 0 Å². The van der Waals surface area contributed by atoms with E-state index in [-0.39, 0.29) is 11.9 Å². The Morgan fingerprint density at radius 2 is 1.58 bits per heavy atom. The second-order valence-electron chi connectivity index (χ2n) is 9.87. The third kappa shape index (κ3) is 6.28. The van der Waals surface area contributed by atoms with Gasteiger partial charge in [-0.1, -0.05) is 68.9 Å². The maximum atomic E-state index is 13.7. The molecule has 1 amide bonds. The van der Waals surface area contributed by atoms with E-state index in [9.17, 15) is 4.79 Å². The molecule has 1 aliphatic heterocycles. The smallest absolute Gasteiger partial charge is 0.266 e. The van der Waals surface area contributed by atoms with Crippen molar-refractivity contribution in [2.45, 2.75) is 82.9 Å². The lowest BCUT2D eigenvalue weighted by molar-refractivity contribution is -0.124. The molecule has 1 saturated heterocycles. The summed E-state index contributed by atoms with van der Waals surface area (Å²) in [4.78, 5) is 21.6. The quantitative estimate of drug-likeness (QED) is 0.299. The fourth-order valence-corrected chi connectivity index (χ4v) is 7.85. The average molecular weight is 632 g/mol. The molecule has 5 rings (SSSR count). The van der Waals surface area contributed by atoms with Crippen molar-refractivity contribution in [1.29, 1.82) is 0 Å². The first-order valence-electron chi connectivity index (χ1n) is 13.0. The summed E-state index contributed by atoms with van der Waals surface area (Å²) in [6.07, 6.45) is 13.9. The largest absolute Gasteiger partial charge is 0.487 e. The van der Waals surface area contributed by atoms with E-state index in [4.69, 9.17) is 9.73 Å². The van der Waals surface area contributed by atoms with E-state index in [2.05, 4.69) is 31.9 Å². The molecule has 3 fully saturated rings. The number of halogens is 2. The van der Waals surface area contributed by atoms with E-state index in [0.29, 0.717) is 12.6 Å². The monoisotopic (exact) mass is 630 g/mol. The van der Waals surface area contributed by atoms with Crippen molar-refractivity contribution in [3.8, 4) is 5.75 Å². The normalized spacial score (nSPS) is 22.1. The molecule has 7 heteroatoms. The first kappa shape index (κ1) is 26.1. The zero-order valence-electron chi connectivity index (χ0n) is 20.4. The summed E-state index contributed by atoms with van der Waals surface area (Å²) in [5.41, 5.74) is 2.07. The molecule has 0 spiro atoms. The minimum absolute atomic E-state index is 0.109. The Hall–Kier alpha value is -1.57. The van der Waals surface area contributed by atoms with Gasteiger partial charge in [0.1, 0.15) is 12.4 Å². The number of benzene rings is 2. The van der Waals surface area contributed by atoms with Crippen LogP contribution in [0.2, 0.25) is 0 Å². The minimum atomic E-state index is 0.109. The predicted molar refractivity (Wildman–Crippen MR) is 156 cm³/mol. The van der Waals surface area contributed by atoms with Crippen LogP contribution in [-0.4, -0.2) is 28.1 Å². The zero-order valence-corrected chi connectivity index (χ0v) is 24.4. The van der Waals surface area contributed by atoms with E-state index < -0.39 is 0 Å². The number of aliphatic imine (C=N–C) groups is 1. The molecule has 2 aromatic carbocycles. The van der Waals surface area contributed by atoms with Crippen LogP contribution in [0.5, 0.6) is 5.75 Å². The van der Waals surface area contributed by atoms with Crippen LogP contribution in [0.4, 0.5) is 0 Å². The molecule has 0 radical (unpaired) electrons. The van der Waals surface area contributed by atoms with E-state index in [1.54, 1.807) is 11.8 Å². The van der Waals surface area contributed by atoms with Crippen molar-refractivity contribution in [3.05, 3.63) is 67.4 Å².